The van der Waals surface area contributed by atoms with Crippen LogP contribution in [0.5, 0.6) is 0 Å². The lowest BCUT2D eigenvalue weighted by Crippen LogP contribution is -2.22. The zero-order valence-corrected chi connectivity index (χ0v) is 16.0. The maximum absolute atomic E-state index is 12.6. The third-order valence-electron chi connectivity index (χ3n) is 4.49. The lowest BCUT2D eigenvalue weighted by Gasteiger charge is -2.04. The summed E-state index contributed by atoms with van der Waals surface area (Å²) < 4.78 is 9.38. The number of benzene rings is 1. The van der Waals surface area contributed by atoms with E-state index < -0.39 is 5.76 Å². The van der Waals surface area contributed by atoms with Crippen LogP contribution in [-0.4, -0.2) is 28.9 Å². The van der Waals surface area contributed by atoms with Gasteiger partial charge in [-0.25, -0.2) is 14.8 Å². The zero-order valence-electron chi connectivity index (χ0n) is 15.3. The number of aromatic nitrogens is 6. The minimum absolute atomic E-state index is 0.00917. The number of halogens is 1. The third kappa shape index (κ3) is 3.36. The second kappa shape index (κ2) is 7.08. The molecule has 0 saturated heterocycles. The Bertz CT molecular complexity index is 1280. The van der Waals surface area contributed by atoms with Crippen molar-refractivity contribution in [3.05, 3.63) is 73.8 Å². The van der Waals surface area contributed by atoms with Crippen molar-refractivity contribution < 1.29 is 4.42 Å². The average Bonchev–Trinajstić information content (AvgIpc) is 3.21. The van der Waals surface area contributed by atoms with Gasteiger partial charge in [0.05, 0.1) is 12.9 Å². The molecule has 10 heteroatoms. The first-order valence-electron chi connectivity index (χ1n) is 8.60. The van der Waals surface area contributed by atoms with Crippen LogP contribution in [0.3, 0.4) is 0 Å². The summed E-state index contributed by atoms with van der Waals surface area (Å²) in [5.74, 6) is -0.425. The van der Waals surface area contributed by atoms with Crippen LogP contribution in [0.1, 0.15) is 17.0 Å². The number of rotatable bonds is 5. The highest BCUT2D eigenvalue weighted by molar-refractivity contribution is 6.31. The number of aryl methyl sites for hydroxylation is 4. The molecule has 28 heavy (non-hydrogen) atoms. The third-order valence-corrected chi connectivity index (χ3v) is 4.91. The van der Waals surface area contributed by atoms with E-state index >= 15 is 0 Å². The summed E-state index contributed by atoms with van der Waals surface area (Å²) >= 11 is 6.03. The highest BCUT2D eigenvalue weighted by atomic mass is 35.5. The quantitative estimate of drug-likeness (QED) is 0.503. The van der Waals surface area contributed by atoms with Gasteiger partial charge < -0.3 is 8.98 Å². The van der Waals surface area contributed by atoms with Gasteiger partial charge in [-0.15, -0.1) is 5.10 Å². The molecular weight excluding hydrogens is 384 g/mol. The number of fused-ring (bicyclic) bond motifs is 1. The SMILES string of the molecule is Cc1cc(CCn2nc(Cn3cnc4ncn(C)c4c3=O)oc2=O)ccc1Cl. The Morgan fingerprint density at radius 1 is 1.18 bits per heavy atom. The molecule has 4 rings (SSSR count). The Hall–Kier alpha value is -3.20. The molecule has 3 heterocycles. The molecular formula is C18H17ClN6O3. The normalized spacial score (nSPS) is 11.4. The summed E-state index contributed by atoms with van der Waals surface area (Å²) in [5, 5.41) is 4.90. The predicted octanol–water partition coefficient (Wildman–Crippen LogP) is 1.53. The molecule has 4 aromatic rings. The smallest absolute Gasteiger partial charge is 0.390 e. The molecule has 0 aliphatic heterocycles. The van der Waals surface area contributed by atoms with Crippen LogP contribution in [-0.2, 0) is 26.6 Å². The van der Waals surface area contributed by atoms with E-state index in [0.717, 1.165) is 11.1 Å². The van der Waals surface area contributed by atoms with E-state index in [9.17, 15) is 9.59 Å². The van der Waals surface area contributed by atoms with E-state index in [1.165, 1.54) is 21.9 Å². The van der Waals surface area contributed by atoms with Crippen molar-refractivity contribution in [2.45, 2.75) is 26.4 Å². The Morgan fingerprint density at radius 2 is 1.96 bits per heavy atom. The molecule has 9 nitrogen and oxygen atoms in total. The minimum Gasteiger partial charge on any atom is -0.390 e. The number of hydrogen-bond acceptors (Lipinski definition) is 6. The molecule has 0 atom stereocenters. The van der Waals surface area contributed by atoms with Gasteiger partial charge in [-0.05, 0) is 30.5 Å². The summed E-state index contributed by atoms with van der Waals surface area (Å²) in [5.41, 5.74) is 2.49. The van der Waals surface area contributed by atoms with Crippen molar-refractivity contribution in [1.29, 1.82) is 0 Å². The Labute approximate surface area is 163 Å². The maximum atomic E-state index is 12.6. The molecule has 0 radical (unpaired) electrons. The molecule has 0 N–H and O–H groups in total. The fourth-order valence-electron chi connectivity index (χ4n) is 2.98. The first kappa shape index (κ1) is 18.2. The van der Waals surface area contributed by atoms with E-state index in [1.54, 1.807) is 11.6 Å². The Balaban J connectivity index is 1.54. The molecule has 0 unspecified atom stereocenters. The van der Waals surface area contributed by atoms with Crippen molar-refractivity contribution in [1.82, 2.24) is 28.9 Å². The van der Waals surface area contributed by atoms with E-state index in [2.05, 4.69) is 15.1 Å². The highest BCUT2D eigenvalue weighted by Crippen LogP contribution is 2.16. The molecule has 0 aliphatic carbocycles. The van der Waals surface area contributed by atoms with Gasteiger partial charge in [0.2, 0.25) is 5.89 Å². The van der Waals surface area contributed by atoms with Crippen LogP contribution in [0, 0.1) is 6.92 Å². The molecule has 0 aliphatic rings. The molecule has 144 valence electrons. The first-order valence-corrected chi connectivity index (χ1v) is 8.98. The highest BCUT2D eigenvalue weighted by Gasteiger charge is 2.13. The van der Waals surface area contributed by atoms with Gasteiger partial charge >= 0.3 is 5.76 Å². The monoisotopic (exact) mass is 400 g/mol. The molecule has 3 aromatic heterocycles. The fourth-order valence-corrected chi connectivity index (χ4v) is 3.10. The van der Waals surface area contributed by atoms with Gasteiger partial charge in [0, 0.05) is 12.1 Å². The van der Waals surface area contributed by atoms with Crippen molar-refractivity contribution in [2.75, 3.05) is 0 Å². The Morgan fingerprint density at radius 3 is 2.75 bits per heavy atom. The van der Waals surface area contributed by atoms with E-state index in [1.807, 2.05) is 25.1 Å². The predicted molar refractivity (Wildman–Crippen MR) is 103 cm³/mol. The first-order chi connectivity index (χ1) is 13.4. The van der Waals surface area contributed by atoms with Crippen molar-refractivity contribution >= 4 is 22.8 Å². The van der Waals surface area contributed by atoms with Gasteiger partial charge in [-0.1, -0.05) is 23.7 Å². The number of imidazole rings is 1. The number of nitrogens with zero attached hydrogens (tertiary/aromatic N) is 6. The summed E-state index contributed by atoms with van der Waals surface area (Å²) in [6, 6.07) is 5.72. The van der Waals surface area contributed by atoms with Crippen LogP contribution in [0.4, 0.5) is 0 Å². The van der Waals surface area contributed by atoms with Crippen LogP contribution >= 0.6 is 11.6 Å². The van der Waals surface area contributed by atoms with Crippen molar-refractivity contribution in [3.8, 4) is 0 Å². The fraction of sp³-hybridized carbons (Fsp3) is 0.278. The van der Waals surface area contributed by atoms with Crippen LogP contribution in [0.25, 0.3) is 11.2 Å². The van der Waals surface area contributed by atoms with Crippen molar-refractivity contribution in [2.24, 2.45) is 7.05 Å². The molecule has 0 saturated carbocycles. The topological polar surface area (TPSA) is 101 Å². The van der Waals surface area contributed by atoms with Crippen LogP contribution in [0.15, 0.2) is 44.9 Å². The summed E-state index contributed by atoms with van der Waals surface area (Å²) in [7, 11) is 1.72. The van der Waals surface area contributed by atoms with Crippen LogP contribution in [0.2, 0.25) is 5.02 Å². The average molecular weight is 401 g/mol. The zero-order chi connectivity index (χ0) is 19.8. The molecule has 1 aromatic carbocycles. The van der Waals surface area contributed by atoms with Gasteiger partial charge in [0.15, 0.2) is 11.2 Å². The van der Waals surface area contributed by atoms with Gasteiger partial charge in [0.1, 0.15) is 12.9 Å². The molecule has 0 amide bonds. The largest absolute Gasteiger partial charge is 0.437 e. The van der Waals surface area contributed by atoms with E-state index in [4.69, 9.17) is 16.0 Å². The summed E-state index contributed by atoms with van der Waals surface area (Å²) in [6.45, 7) is 2.30. The number of hydrogen-bond donors (Lipinski definition) is 0. The van der Waals surface area contributed by atoms with E-state index in [-0.39, 0.29) is 18.0 Å². The van der Waals surface area contributed by atoms with E-state index in [0.29, 0.717) is 29.2 Å². The summed E-state index contributed by atoms with van der Waals surface area (Å²) in [6.07, 6.45) is 3.50. The second-order valence-corrected chi connectivity index (χ2v) is 6.93. The molecule has 0 bridgehead atoms. The van der Waals surface area contributed by atoms with Gasteiger partial charge in [0.25, 0.3) is 5.56 Å². The Kier molecular flexibility index (Phi) is 4.60. The second-order valence-electron chi connectivity index (χ2n) is 6.52. The maximum Gasteiger partial charge on any atom is 0.437 e. The van der Waals surface area contributed by atoms with Gasteiger partial charge in [-0.2, -0.15) is 4.68 Å². The minimum atomic E-state index is -0.566. The summed E-state index contributed by atoms with van der Waals surface area (Å²) in [4.78, 5) is 32.8. The van der Waals surface area contributed by atoms with Gasteiger partial charge in [-0.3, -0.25) is 9.36 Å². The lowest BCUT2D eigenvalue weighted by molar-refractivity contribution is 0.434. The van der Waals surface area contributed by atoms with Crippen LogP contribution < -0.4 is 11.3 Å². The molecule has 0 fully saturated rings. The van der Waals surface area contributed by atoms with Crippen molar-refractivity contribution in [3.63, 3.8) is 0 Å². The molecule has 0 spiro atoms. The lowest BCUT2D eigenvalue weighted by atomic mass is 10.1. The standard InChI is InChI=1S/C18H17ClN6O3/c1-11-7-12(3-4-13(11)19)5-6-25-18(27)28-14(22-25)8-24-10-21-16-15(17(24)26)23(2)9-20-16/h3-4,7,9-10H,5-6,8H2,1-2H3.